The molecule has 0 aliphatic carbocycles. The number of halogens is 1. The lowest BCUT2D eigenvalue weighted by Gasteiger charge is -2.20. The summed E-state index contributed by atoms with van der Waals surface area (Å²) in [5.74, 6) is 0.174. The van der Waals surface area contributed by atoms with E-state index < -0.39 is 0 Å². The number of nitrogens with zero attached hydrogens (tertiary/aromatic N) is 1. The van der Waals surface area contributed by atoms with Crippen LogP contribution in [0.25, 0.3) is 0 Å². The van der Waals surface area contributed by atoms with E-state index in [0.29, 0.717) is 13.1 Å². The molecule has 90 valence electrons. The van der Waals surface area contributed by atoms with E-state index in [2.05, 4.69) is 15.9 Å². The molecule has 0 aliphatic rings. The standard InChI is InChI=1S/C11H17BrN2OS/c1-8(3-4-13)11(15)14(2)6-10-5-9(12)7-16-10/h5,7-8H,3-4,6,13H2,1-2H3. The van der Waals surface area contributed by atoms with Gasteiger partial charge in [-0.1, -0.05) is 6.92 Å². The molecule has 0 saturated heterocycles. The van der Waals surface area contributed by atoms with Gasteiger partial charge >= 0.3 is 0 Å². The Morgan fingerprint density at radius 2 is 2.38 bits per heavy atom. The number of amides is 1. The Hall–Kier alpha value is -0.390. The first-order valence-corrected chi connectivity index (χ1v) is 6.89. The van der Waals surface area contributed by atoms with Crippen LogP contribution in [0.5, 0.6) is 0 Å². The minimum atomic E-state index is 0.0124. The second-order valence-electron chi connectivity index (χ2n) is 3.90. The van der Waals surface area contributed by atoms with Gasteiger partial charge in [0.2, 0.25) is 5.91 Å². The largest absolute Gasteiger partial charge is 0.340 e. The van der Waals surface area contributed by atoms with Crippen LogP contribution in [0.15, 0.2) is 15.9 Å². The molecule has 0 spiro atoms. The van der Waals surface area contributed by atoms with Crippen LogP contribution in [0, 0.1) is 5.92 Å². The summed E-state index contributed by atoms with van der Waals surface area (Å²) in [5, 5.41) is 2.02. The Balaban J connectivity index is 2.51. The van der Waals surface area contributed by atoms with Crippen molar-refractivity contribution >= 4 is 33.2 Å². The third-order valence-corrected chi connectivity index (χ3v) is 4.09. The van der Waals surface area contributed by atoms with Crippen molar-refractivity contribution in [1.29, 1.82) is 0 Å². The van der Waals surface area contributed by atoms with Gasteiger partial charge in [-0.25, -0.2) is 0 Å². The van der Waals surface area contributed by atoms with Crippen molar-refractivity contribution in [2.45, 2.75) is 19.9 Å². The molecule has 0 saturated carbocycles. The van der Waals surface area contributed by atoms with E-state index in [4.69, 9.17) is 5.73 Å². The molecule has 1 heterocycles. The summed E-state index contributed by atoms with van der Waals surface area (Å²) in [5.41, 5.74) is 5.45. The molecular formula is C11H17BrN2OS. The second kappa shape index (κ2) is 6.37. The first kappa shape index (κ1) is 13.7. The first-order valence-electron chi connectivity index (χ1n) is 5.22. The summed E-state index contributed by atoms with van der Waals surface area (Å²) in [6.07, 6.45) is 0.747. The van der Waals surface area contributed by atoms with E-state index in [9.17, 15) is 4.79 Å². The fourth-order valence-corrected chi connectivity index (χ4v) is 3.00. The Morgan fingerprint density at radius 1 is 1.69 bits per heavy atom. The first-order chi connectivity index (χ1) is 7.54. The van der Waals surface area contributed by atoms with Gasteiger partial charge in [0.1, 0.15) is 0 Å². The number of thiophene rings is 1. The average Bonchev–Trinajstić information content (AvgIpc) is 2.63. The van der Waals surface area contributed by atoms with Gasteiger partial charge < -0.3 is 10.6 Å². The van der Waals surface area contributed by atoms with Gasteiger partial charge in [-0.05, 0) is 35.0 Å². The maximum atomic E-state index is 11.9. The van der Waals surface area contributed by atoms with Gasteiger partial charge in [-0.2, -0.15) is 0 Å². The maximum Gasteiger partial charge on any atom is 0.225 e. The van der Waals surface area contributed by atoms with Gasteiger partial charge in [0, 0.05) is 27.7 Å². The van der Waals surface area contributed by atoms with Crippen LogP contribution in [0.1, 0.15) is 18.2 Å². The van der Waals surface area contributed by atoms with Gasteiger partial charge in [0.25, 0.3) is 0 Å². The van der Waals surface area contributed by atoms with Crippen molar-refractivity contribution in [3.05, 3.63) is 20.8 Å². The Labute approximate surface area is 109 Å². The predicted octanol–water partition coefficient (Wildman–Crippen LogP) is 2.45. The van der Waals surface area contributed by atoms with Crippen LogP contribution in [-0.4, -0.2) is 24.4 Å². The fraction of sp³-hybridized carbons (Fsp3) is 0.545. The topological polar surface area (TPSA) is 46.3 Å². The Kier molecular flexibility index (Phi) is 5.44. The van der Waals surface area contributed by atoms with Crippen molar-refractivity contribution in [2.24, 2.45) is 11.7 Å². The minimum Gasteiger partial charge on any atom is -0.340 e. The Bertz CT molecular complexity index is 354. The third-order valence-electron chi connectivity index (χ3n) is 2.41. The monoisotopic (exact) mass is 304 g/mol. The van der Waals surface area contributed by atoms with Gasteiger partial charge in [-0.15, -0.1) is 11.3 Å². The zero-order chi connectivity index (χ0) is 12.1. The van der Waals surface area contributed by atoms with Crippen LogP contribution in [0.3, 0.4) is 0 Å². The summed E-state index contributed by atoms with van der Waals surface area (Å²) < 4.78 is 1.07. The van der Waals surface area contributed by atoms with E-state index in [-0.39, 0.29) is 11.8 Å². The molecule has 5 heteroatoms. The van der Waals surface area contributed by atoms with Crippen molar-refractivity contribution in [2.75, 3.05) is 13.6 Å². The van der Waals surface area contributed by atoms with E-state index >= 15 is 0 Å². The molecular weight excluding hydrogens is 288 g/mol. The highest BCUT2D eigenvalue weighted by Gasteiger charge is 2.17. The lowest BCUT2D eigenvalue weighted by molar-refractivity contribution is -0.134. The zero-order valence-electron chi connectivity index (χ0n) is 9.57. The summed E-state index contributed by atoms with van der Waals surface area (Å²) in [7, 11) is 1.84. The SMILES string of the molecule is CC(CCN)C(=O)N(C)Cc1cc(Br)cs1. The van der Waals surface area contributed by atoms with Crippen LogP contribution in [0.2, 0.25) is 0 Å². The molecule has 1 amide bonds. The molecule has 3 nitrogen and oxygen atoms in total. The molecule has 0 fully saturated rings. The van der Waals surface area contributed by atoms with Crippen molar-refractivity contribution in [3.8, 4) is 0 Å². The molecule has 0 radical (unpaired) electrons. The average molecular weight is 305 g/mol. The van der Waals surface area contributed by atoms with E-state index in [1.165, 1.54) is 4.88 Å². The van der Waals surface area contributed by atoms with E-state index in [1.807, 2.05) is 25.4 Å². The maximum absolute atomic E-state index is 11.9. The smallest absolute Gasteiger partial charge is 0.225 e. The van der Waals surface area contributed by atoms with Crippen LogP contribution in [0.4, 0.5) is 0 Å². The molecule has 1 aromatic rings. The molecule has 2 N–H and O–H groups in total. The number of nitrogens with two attached hydrogens (primary N) is 1. The molecule has 1 unspecified atom stereocenters. The summed E-state index contributed by atoms with van der Waals surface area (Å²) >= 11 is 5.06. The summed E-state index contributed by atoms with van der Waals surface area (Å²) in [4.78, 5) is 14.9. The lowest BCUT2D eigenvalue weighted by Crippen LogP contribution is -2.31. The van der Waals surface area contributed by atoms with Crippen LogP contribution in [-0.2, 0) is 11.3 Å². The van der Waals surface area contributed by atoms with Gasteiger partial charge in [0.05, 0.1) is 6.54 Å². The molecule has 0 bridgehead atoms. The highest BCUT2D eigenvalue weighted by atomic mass is 79.9. The van der Waals surface area contributed by atoms with E-state index in [0.717, 1.165) is 10.9 Å². The van der Waals surface area contributed by atoms with Crippen molar-refractivity contribution < 1.29 is 4.79 Å². The molecule has 0 aliphatic heterocycles. The third kappa shape index (κ3) is 3.88. The fourth-order valence-electron chi connectivity index (χ4n) is 1.50. The van der Waals surface area contributed by atoms with Gasteiger partial charge in [0.15, 0.2) is 0 Å². The highest BCUT2D eigenvalue weighted by molar-refractivity contribution is 9.10. The normalized spacial score (nSPS) is 12.5. The number of carbonyl (C=O) groups excluding carboxylic acids is 1. The molecule has 0 aromatic carbocycles. The van der Waals surface area contributed by atoms with Crippen LogP contribution >= 0.6 is 27.3 Å². The number of hydrogen-bond acceptors (Lipinski definition) is 3. The molecule has 1 aromatic heterocycles. The lowest BCUT2D eigenvalue weighted by atomic mass is 10.1. The quantitative estimate of drug-likeness (QED) is 0.908. The molecule has 16 heavy (non-hydrogen) atoms. The van der Waals surface area contributed by atoms with Crippen molar-refractivity contribution in [1.82, 2.24) is 4.90 Å². The van der Waals surface area contributed by atoms with Gasteiger partial charge in [-0.3, -0.25) is 4.79 Å². The number of rotatable bonds is 5. The Morgan fingerprint density at radius 3 is 2.88 bits per heavy atom. The summed E-state index contributed by atoms with van der Waals surface area (Å²) in [6, 6.07) is 2.04. The predicted molar refractivity (Wildman–Crippen MR) is 71.3 cm³/mol. The van der Waals surface area contributed by atoms with Crippen LogP contribution < -0.4 is 5.73 Å². The molecule has 1 atom stereocenters. The molecule has 1 rings (SSSR count). The summed E-state index contributed by atoms with van der Waals surface area (Å²) in [6.45, 7) is 3.16. The number of hydrogen-bond donors (Lipinski definition) is 1. The minimum absolute atomic E-state index is 0.0124. The number of carbonyl (C=O) groups is 1. The highest BCUT2D eigenvalue weighted by Crippen LogP contribution is 2.21. The van der Waals surface area contributed by atoms with Crippen molar-refractivity contribution in [3.63, 3.8) is 0 Å². The zero-order valence-corrected chi connectivity index (χ0v) is 12.0. The second-order valence-corrected chi connectivity index (χ2v) is 5.82. The van der Waals surface area contributed by atoms with E-state index in [1.54, 1.807) is 16.2 Å².